The zero-order valence-corrected chi connectivity index (χ0v) is 25.6. The van der Waals surface area contributed by atoms with Crippen molar-refractivity contribution in [2.24, 2.45) is 0 Å². The quantitative estimate of drug-likeness (QED) is 0.184. The fourth-order valence-electron chi connectivity index (χ4n) is 6.42. The highest BCUT2D eigenvalue weighted by molar-refractivity contribution is 6.22. The largest absolute Gasteiger partial charge is 0.455 e. The van der Waals surface area contributed by atoms with Gasteiger partial charge in [-0.3, -0.25) is 0 Å². The van der Waals surface area contributed by atoms with E-state index in [9.17, 15) is 2.74 Å². The third kappa shape index (κ3) is 4.83. The zero-order chi connectivity index (χ0) is 38.8. The summed E-state index contributed by atoms with van der Waals surface area (Å²) >= 11 is 0. The smallest absolute Gasteiger partial charge is 0.143 e. The van der Waals surface area contributed by atoms with E-state index in [0.29, 0.717) is 16.7 Å². The van der Waals surface area contributed by atoms with Crippen LogP contribution in [-0.4, -0.2) is 0 Å². The molecule has 226 valence electrons. The highest BCUT2D eigenvalue weighted by atomic mass is 16.3. The van der Waals surface area contributed by atoms with E-state index in [4.69, 9.17) is 12.6 Å². The van der Waals surface area contributed by atoms with E-state index in [-0.39, 0.29) is 74.5 Å². The van der Waals surface area contributed by atoms with Gasteiger partial charge in [-0.15, -0.1) is 0 Å². The monoisotopic (exact) mass is 621 g/mol. The highest BCUT2D eigenvalue weighted by Gasteiger charge is 2.19. The molecule has 0 saturated carbocycles. The molecule has 0 unspecified atom stereocenters. The van der Waals surface area contributed by atoms with Crippen molar-refractivity contribution in [3.63, 3.8) is 0 Å². The maximum atomic E-state index is 9.89. The molecule has 0 amide bonds. The van der Waals surface area contributed by atoms with Crippen molar-refractivity contribution < 1.29 is 15.4 Å². The van der Waals surface area contributed by atoms with Gasteiger partial charge in [0.25, 0.3) is 0 Å². The third-order valence-corrected chi connectivity index (χ3v) is 8.64. The van der Waals surface area contributed by atoms with Crippen LogP contribution in [0.4, 0.5) is 17.1 Å². The second-order valence-corrected chi connectivity index (χ2v) is 11.5. The van der Waals surface area contributed by atoms with Crippen LogP contribution in [0.1, 0.15) is 11.0 Å². The molecule has 0 saturated heterocycles. The summed E-state index contributed by atoms with van der Waals surface area (Å²) in [5, 5.41) is 0.648. The Morgan fingerprint density at radius 3 is 1.75 bits per heavy atom. The van der Waals surface area contributed by atoms with E-state index in [1.807, 2.05) is 140 Å². The summed E-state index contributed by atoms with van der Waals surface area (Å²) < 4.78 is 78.8. The standard InChI is InChI=1S/C46H31NO/c1-4-14-32(15-5-1)34-16-12-17-35(30-34)39-24-13-25-44-45(39)43-31-42(40-22-10-11-23-41(40)46(43)48-44)33-26-28-38(29-27-33)47(36-18-6-2-7-19-36)37-20-8-3-9-21-37/h1-31H/i10D,11D,13D,22D,23D,24D,25D,31D. The van der Waals surface area contributed by atoms with Crippen molar-refractivity contribution in [1.82, 2.24) is 0 Å². The number of furan rings is 1. The van der Waals surface area contributed by atoms with E-state index in [2.05, 4.69) is 4.90 Å². The lowest BCUT2D eigenvalue weighted by molar-refractivity contribution is 0.673. The minimum Gasteiger partial charge on any atom is -0.455 e. The second-order valence-electron chi connectivity index (χ2n) is 11.5. The third-order valence-electron chi connectivity index (χ3n) is 8.64. The van der Waals surface area contributed by atoms with E-state index in [1.165, 1.54) is 0 Å². The van der Waals surface area contributed by atoms with Crippen LogP contribution in [0.15, 0.2) is 192 Å². The van der Waals surface area contributed by atoms with E-state index in [0.717, 1.165) is 28.2 Å². The topological polar surface area (TPSA) is 16.4 Å². The van der Waals surface area contributed by atoms with Crippen molar-refractivity contribution in [2.45, 2.75) is 0 Å². The Bertz CT molecular complexity index is 2950. The summed E-state index contributed by atoms with van der Waals surface area (Å²) in [6.45, 7) is 0. The fraction of sp³-hybridized carbons (Fsp3) is 0. The second kappa shape index (κ2) is 11.8. The maximum Gasteiger partial charge on any atom is 0.143 e. The summed E-state index contributed by atoms with van der Waals surface area (Å²) in [6.07, 6.45) is 0. The van der Waals surface area contributed by atoms with Crippen molar-refractivity contribution in [3.05, 3.63) is 188 Å². The number of hydrogen-bond acceptors (Lipinski definition) is 2. The number of rotatable bonds is 6. The molecule has 0 bridgehead atoms. The van der Waals surface area contributed by atoms with Gasteiger partial charge >= 0.3 is 0 Å². The molecule has 8 aromatic carbocycles. The van der Waals surface area contributed by atoms with Crippen LogP contribution in [0, 0.1) is 0 Å². The van der Waals surface area contributed by atoms with Gasteiger partial charge in [0, 0.05) is 33.2 Å². The molecule has 0 aliphatic rings. The number of fused-ring (bicyclic) bond motifs is 5. The van der Waals surface area contributed by atoms with Gasteiger partial charge in [0.05, 0.1) is 11.0 Å². The Kier molecular flexibility index (Phi) is 5.07. The van der Waals surface area contributed by atoms with Gasteiger partial charge in [0.15, 0.2) is 0 Å². The summed E-state index contributed by atoms with van der Waals surface area (Å²) in [4.78, 5) is 2.10. The van der Waals surface area contributed by atoms with Crippen molar-refractivity contribution in [3.8, 4) is 33.4 Å². The Hall–Kier alpha value is -6.38. The van der Waals surface area contributed by atoms with Crippen molar-refractivity contribution >= 4 is 49.8 Å². The number of para-hydroxylation sites is 2. The maximum absolute atomic E-state index is 9.89. The first-order valence-electron chi connectivity index (χ1n) is 19.7. The lowest BCUT2D eigenvalue weighted by Gasteiger charge is -2.25. The molecule has 48 heavy (non-hydrogen) atoms. The summed E-state index contributed by atoms with van der Waals surface area (Å²) in [7, 11) is 0. The first kappa shape index (κ1) is 20.7. The molecule has 0 N–H and O–H groups in total. The molecular formula is C46H31NO. The molecule has 1 aromatic heterocycles. The van der Waals surface area contributed by atoms with Gasteiger partial charge in [0.1, 0.15) is 11.2 Å². The zero-order valence-electron chi connectivity index (χ0n) is 33.6. The van der Waals surface area contributed by atoms with Crippen LogP contribution in [0.2, 0.25) is 0 Å². The van der Waals surface area contributed by atoms with Crippen LogP contribution < -0.4 is 4.90 Å². The molecule has 0 radical (unpaired) electrons. The molecule has 9 aromatic rings. The van der Waals surface area contributed by atoms with Crippen LogP contribution in [0.5, 0.6) is 0 Å². The van der Waals surface area contributed by atoms with Crippen molar-refractivity contribution in [2.75, 3.05) is 4.90 Å². The van der Waals surface area contributed by atoms with Gasteiger partial charge < -0.3 is 9.32 Å². The molecular weight excluding hydrogens is 583 g/mol. The lowest BCUT2D eigenvalue weighted by Crippen LogP contribution is -2.09. The SMILES string of the molecule is [2H]c1c([2H])c(-c2cccc(-c3ccccc3)c2)c2c(oc3c4c([2H])c([2H])c([2H])c([2H])c4c(-c4ccc(N(c5ccccc5)c5ccccc5)cc4)c([2H])c32)c1[2H]. The van der Waals surface area contributed by atoms with Crippen LogP contribution in [-0.2, 0) is 0 Å². The molecule has 9 rings (SSSR count). The number of nitrogens with zero attached hydrogens (tertiary/aromatic N) is 1. The highest BCUT2D eigenvalue weighted by Crippen LogP contribution is 2.44. The van der Waals surface area contributed by atoms with Gasteiger partial charge in [-0.25, -0.2) is 0 Å². The molecule has 2 nitrogen and oxygen atoms in total. The lowest BCUT2D eigenvalue weighted by atomic mass is 9.92. The Morgan fingerprint density at radius 1 is 0.438 bits per heavy atom. The molecule has 0 spiro atoms. The number of hydrogen-bond donors (Lipinski definition) is 0. The summed E-state index contributed by atoms with van der Waals surface area (Å²) in [5.41, 5.74) is 6.18. The molecule has 1 heterocycles. The predicted molar refractivity (Wildman–Crippen MR) is 202 cm³/mol. The van der Waals surface area contributed by atoms with Crippen molar-refractivity contribution in [1.29, 1.82) is 0 Å². The average Bonchev–Trinajstić information content (AvgIpc) is 3.63. The number of benzene rings is 8. The summed E-state index contributed by atoms with van der Waals surface area (Å²) in [6, 6.07) is 42.1. The normalized spacial score (nSPS) is 13.7. The van der Waals surface area contributed by atoms with Gasteiger partial charge in [-0.05, 0) is 93.3 Å². The number of anilines is 3. The van der Waals surface area contributed by atoms with Gasteiger partial charge in [0.2, 0.25) is 0 Å². The molecule has 0 fully saturated rings. The Morgan fingerprint density at radius 2 is 1.04 bits per heavy atom. The van der Waals surface area contributed by atoms with Crippen LogP contribution >= 0.6 is 0 Å². The van der Waals surface area contributed by atoms with E-state index in [1.54, 1.807) is 0 Å². The van der Waals surface area contributed by atoms with Crippen LogP contribution in [0.25, 0.3) is 66.1 Å². The van der Waals surface area contributed by atoms with Crippen LogP contribution in [0.3, 0.4) is 0 Å². The first-order chi connectivity index (χ1) is 27.2. The molecule has 0 aliphatic heterocycles. The Labute approximate surface area is 291 Å². The predicted octanol–water partition coefficient (Wildman–Crippen LogP) is 13.2. The first-order valence-corrected chi connectivity index (χ1v) is 15.7. The minimum atomic E-state index is -0.464. The fourth-order valence-corrected chi connectivity index (χ4v) is 6.42. The van der Waals surface area contributed by atoms with Gasteiger partial charge in [-0.2, -0.15) is 0 Å². The molecule has 0 atom stereocenters. The Balaban J connectivity index is 1.36. The molecule has 0 aliphatic carbocycles. The summed E-state index contributed by atoms with van der Waals surface area (Å²) in [5.74, 6) is 0. The van der Waals surface area contributed by atoms with E-state index >= 15 is 0 Å². The van der Waals surface area contributed by atoms with E-state index < -0.39 is 12.1 Å². The average molecular weight is 622 g/mol. The van der Waals surface area contributed by atoms with Gasteiger partial charge in [-0.1, -0.05) is 133 Å². The molecule has 2 heteroatoms. The minimum absolute atomic E-state index is 0.00524.